The van der Waals surface area contributed by atoms with E-state index in [9.17, 15) is 10.2 Å². The van der Waals surface area contributed by atoms with Gasteiger partial charge in [0.25, 0.3) is 0 Å². The summed E-state index contributed by atoms with van der Waals surface area (Å²) in [5.74, 6) is 1.12. The summed E-state index contributed by atoms with van der Waals surface area (Å²) in [6, 6.07) is 11.1. The topological polar surface area (TPSA) is 76.5 Å². The molecule has 1 aliphatic rings. The van der Waals surface area contributed by atoms with Gasteiger partial charge in [0.1, 0.15) is 31.5 Å². The van der Waals surface area contributed by atoms with Crippen LogP contribution in [-0.4, -0.2) is 48.8 Å². The molecule has 3 atom stereocenters. The summed E-state index contributed by atoms with van der Waals surface area (Å²) in [5.41, 5.74) is 0.849. The molecule has 2 heterocycles. The predicted molar refractivity (Wildman–Crippen MR) is 95.9 cm³/mol. The number of ether oxygens (including phenoxy) is 2. The molecule has 0 spiro atoms. The third-order valence-corrected chi connectivity index (χ3v) is 4.60. The smallest absolute Gasteiger partial charge is 0.157 e. The highest BCUT2D eigenvalue weighted by molar-refractivity contribution is 5.30. The normalized spacial score (nSPS) is 19.5. The maximum Gasteiger partial charge on any atom is 0.157 e. The number of benzene rings is 1. The molecule has 3 rings (SSSR count). The summed E-state index contributed by atoms with van der Waals surface area (Å²) in [5, 5.41) is 20.4. The molecule has 0 saturated carbocycles. The molecule has 3 N–H and O–H groups in total. The van der Waals surface area contributed by atoms with Crippen LogP contribution in [-0.2, 0) is 22.6 Å². The van der Waals surface area contributed by atoms with Crippen molar-refractivity contribution in [2.75, 3.05) is 26.4 Å². The molecule has 1 aromatic carbocycles. The van der Waals surface area contributed by atoms with Crippen LogP contribution in [0.25, 0.3) is 0 Å². The Kier molecular flexibility index (Phi) is 7.08. The molecule has 142 valence electrons. The average Bonchev–Trinajstić information content (AvgIpc) is 3.31. The number of para-hydroxylation sites is 1. The number of aliphatic hydroxyl groups is 1. The number of phenolic OH excluding ortho intramolecular Hbond substituents is 1. The van der Waals surface area contributed by atoms with Crippen LogP contribution >= 0.6 is 0 Å². The molecule has 0 aliphatic carbocycles. The van der Waals surface area contributed by atoms with E-state index in [4.69, 9.17) is 13.9 Å². The fourth-order valence-corrected chi connectivity index (χ4v) is 3.30. The fraction of sp³-hybridized carbons (Fsp3) is 0.500. The van der Waals surface area contributed by atoms with Crippen LogP contribution in [0.4, 0.5) is 0 Å². The van der Waals surface area contributed by atoms with Crippen LogP contribution < -0.4 is 4.90 Å². The Hall–Kier alpha value is -1.86. The summed E-state index contributed by atoms with van der Waals surface area (Å²) in [7, 11) is 0. The van der Waals surface area contributed by atoms with Crippen LogP contribution in [0.5, 0.6) is 5.75 Å². The summed E-state index contributed by atoms with van der Waals surface area (Å²) < 4.78 is 16.6. The lowest BCUT2D eigenvalue weighted by Gasteiger charge is -2.22. The Morgan fingerprint density at radius 2 is 2.08 bits per heavy atom. The van der Waals surface area contributed by atoms with Gasteiger partial charge < -0.3 is 29.0 Å². The Balaban J connectivity index is 1.53. The summed E-state index contributed by atoms with van der Waals surface area (Å²) >= 11 is 0. The minimum Gasteiger partial charge on any atom is -0.507 e. The van der Waals surface area contributed by atoms with Crippen molar-refractivity contribution in [3.05, 3.63) is 54.0 Å². The molecule has 1 aromatic heterocycles. The van der Waals surface area contributed by atoms with Crippen molar-refractivity contribution in [2.24, 2.45) is 0 Å². The molecule has 2 aromatic rings. The Morgan fingerprint density at radius 1 is 1.19 bits per heavy atom. The van der Waals surface area contributed by atoms with E-state index >= 15 is 0 Å². The first kappa shape index (κ1) is 18.9. The molecule has 26 heavy (non-hydrogen) atoms. The van der Waals surface area contributed by atoms with Crippen molar-refractivity contribution in [1.29, 1.82) is 0 Å². The molecule has 0 amide bonds. The van der Waals surface area contributed by atoms with Gasteiger partial charge in [-0.2, -0.15) is 0 Å². The number of hydrogen-bond acceptors (Lipinski definition) is 5. The van der Waals surface area contributed by atoms with Crippen LogP contribution in [0.2, 0.25) is 0 Å². The first-order valence-corrected chi connectivity index (χ1v) is 9.21. The van der Waals surface area contributed by atoms with Gasteiger partial charge in [0.05, 0.1) is 25.6 Å². The number of phenols is 1. The van der Waals surface area contributed by atoms with Crippen LogP contribution in [0.15, 0.2) is 47.1 Å². The quantitative estimate of drug-likeness (QED) is 0.591. The molecule has 1 saturated heterocycles. The highest BCUT2D eigenvalue weighted by Crippen LogP contribution is 2.14. The number of nitrogens with one attached hydrogen (secondary N) is 1. The van der Waals surface area contributed by atoms with Crippen molar-refractivity contribution in [2.45, 2.75) is 38.1 Å². The summed E-state index contributed by atoms with van der Waals surface area (Å²) in [6.07, 6.45) is 3.33. The van der Waals surface area contributed by atoms with Crippen molar-refractivity contribution in [3.63, 3.8) is 0 Å². The standard InChI is InChI=1S/C20H27NO5/c22-17(14-24-15-19-7-4-10-26-19)12-21(13-18-6-3-9-25-18)11-16-5-1-2-8-20(16)23/h1-3,5-6,8-9,17,19,22-23H,4,7,10-15H2/p+1/t17-,19-/m0/s1. The van der Waals surface area contributed by atoms with Crippen molar-refractivity contribution < 1.29 is 29.0 Å². The van der Waals surface area contributed by atoms with Gasteiger partial charge >= 0.3 is 0 Å². The Labute approximate surface area is 154 Å². The number of rotatable bonds is 10. The van der Waals surface area contributed by atoms with E-state index in [0.29, 0.717) is 26.2 Å². The zero-order valence-corrected chi connectivity index (χ0v) is 15.0. The van der Waals surface area contributed by atoms with Gasteiger partial charge in [-0.1, -0.05) is 12.1 Å². The molecular formula is C20H28NO5+. The monoisotopic (exact) mass is 362 g/mol. The van der Waals surface area contributed by atoms with E-state index in [1.165, 1.54) is 0 Å². The fourth-order valence-electron chi connectivity index (χ4n) is 3.30. The van der Waals surface area contributed by atoms with Gasteiger partial charge in [0.15, 0.2) is 5.76 Å². The largest absolute Gasteiger partial charge is 0.507 e. The van der Waals surface area contributed by atoms with E-state index < -0.39 is 6.10 Å². The Morgan fingerprint density at radius 3 is 2.81 bits per heavy atom. The number of aliphatic hydroxyl groups excluding tert-OH is 1. The highest BCUT2D eigenvalue weighted by atomic mass is 16.5. The summed E-state index contributed by atoms with van der Waals surface area (Å²) in [4.78, 5) is 1.09. The third-order valence-electron chi connectivity index (χ3n) is 4.60. The second-order valence-corrected chi connectivity index (χ2v) is 6.84. The first-order valence-electron chi connectivity index (χ1n) is 9.21. The van der Waals surface area contributed by atoms with Gasteiger partial charge in [-0.25, -0.2) is 0 Å². The van der Waals surface area contributed by atoms with Gasteiger partial charge in [-0.15, -0.1) is 0 Å². The molecule has 0 bridgehead atoms. The molecular weight excluding hydrogens is 334 g/mol. The SMILES string of the molecule is Oc1ccccc1C[NH+](Cc1ccco1)C[C@H](O)COC[C@@H]1CCCO1. The van der Waals surface area contributed by atoms with Crippen molar-refractivity contribution >= 4 is 0 Å². The molecule has 1 aliphatic heterocycles. The van der Waals surface area contributed by atoms with E-state index in [0.717, 1.165) is 35.7 Å². The average molecular weight is 362 g/mol. The molecule has 1 fully saturated rings. The zero-order valence-electron chi connectivity index (χ0n) is 15.0. The number of hydrogen-bond donors (Lipinski definition) is 3. The lowest BCUT2D eigenvalue weighted by Crippen LogP contribution is -3.10. The first-order chi connectivity index (χ1) is 12.7. The Bertz CT molecular complexity index is 639. The lowest BCUT2D eigenvalue weighted by molar-refractivity contribution is -0.931. The van der Waals surface area contributed by atoms with Crippen LogP contribution in [0, 0.1) is 0 Å². The maximum absolute atomic E-state index is 10.4. The minimum atomic E-state index is -0.591. The molecule has 0 radical (unpaired) electrons. The number of aromatic hydroxyl groups is 1. The second-order valence-electron chi connectivity index (χ2n) is 6.84. The van der Waals surface area contributed by atoms with Crippen molar-refractivity contribution in [1.82, 2.24) is 0 Å². The van der Waals surface area contributed by atoms with Gasteiger partial charge in [0.2, 0.25) is 0 Å². The highest BCUT2D eigenvalue weighted by Gasteiger charge is 2.20. The molecule has 6 nitrogen and oxygen atoms in total. The summed E-state index contributed by atoms with van der Waals surface area (Å²) in [6.45, 7) is 3.34. The van der Waals surface area contributed by atoms with E-state index in [1.54, 1.807) is 18.4 Å². The molecule has 1 unspecified atom stereocenters. The van der Waals surface area contributed by atoms with E-state index in [2.05, 4.69) is 0 Å². The van der Waals surface area contributed by atoms with Gasteiger partial charge in [-0.05, 0) is 37.1 Å². The maximum atomic E-state index is 10.4. The third kappa shape index (κ3) is 5.85. The van der Waals surface area contributed by atoms with Crippen LogP contribution in [0.3, 0.4) is 0 Å². The number of furan rings is 1. The molecule has 6 heteroatoms. The zero-order chi connectivity index (χ0) is 18.2. The van der Waals surface area contributed by atoms with Crippen molar-refractivity contribution in [3.8, 4) is 5.75 Å². The lowest BCUT2D eigenvalue weighted by atomic mass is 10.1. The van der Waals surface area contributed by atoms with Gasteiger partial charge in [0, 0.05) is 12.2 Å². The number of quaternary nitrogens is 1. The van der Waals surface area contributed by atoms with Crippen LogP contribution in [0.1, 0.15) is 24.2 Å². The van der Waals surface area contributed by atoms with E-state index in [-0.39, 0.29) is 18.5 Å². The predicted octanol–water partition coefficient (Wildman–Crippen LogP) is 1.13. The van der Waals surface area contributed by atoms with E-state index in [1.807, 2.05) is 24.3 Å². The van der Waals surface area contributed by atoms with Gasteiger partial charge in [-0.3, -0.25) is 0 Å². The second kappa shape index (κ2) is 9.73. The minimum absolute atomic E-state index is 0.162.